The number of halogens is 2. The van der Waals surface area contributed by atoms with E-state index in [4.69, 9.17) is 0 Å². The van der Waals surface area contributed by atoms with Gasteiger partial charge in [-0.2, -0.15) is 0 Å². The van der Waals surface area contributed by atoms with Crippen molar-refractivity contribution in [1.29, 1.82) is 0 Å². The van der Waals surface area contributed by atoms with Crippen LogP contribution in [0, 0.1) is 17.0 Å². The first-order valence-corrected chi connectivity index (χ1v) is 6.30. The molecule has 0 saturated heterocycles. The second-order valence-corrected chi connectivity index (χ2v) is 4.99. The van der Waals surface area contributed by atoms with Gasteiger partial charge in [-0.05, 0) is 36.8 Å². The van der Waals surface area contributed by atoms with Gasteiger partial charge in [0.15, 0.2) is 11.6 Å². The number of benzene rings is 1. The van der Waals surface area contributed by atoms with Crippen molar-refractivity contribution in [2.45, 2.75) is 32.6 Å². The largest absolute Gasteiger partial charge is 0.351 e. The van der Waals surface area contributed by atoms with E-state index in [1.165, 1.54) is 18.6 Å². The molecule has 1 aliphatic rings. The molecular weight excluding hydrogens is 236 g/mol. The predicted octanol–water partition coefficient (Wildman–Crippen LogP) is 3.27. The molecule has 0 bridgehead atoms. The fraction of sp³-hybridized carbons (Fsp3) is 0.500. The van der Waals surface area contributed by atoms with Gasteiger partial charge in [-0.3, -0.25) is 4.79 Å². The molecule has 0 spiro atoms. The minimum Gasteiger partial charge on any atom is -0.351 e. The highest BCUT2D eigenvalue weighted by Crippen LogP contribution is 2.43. The molecule has 4 heteroatoms. The number of nitrogens with one attached hydrogen (secondary N) is 1. The van der Waals surface area contributed by atoms with Gasteiger partial charge in [0.2, 0.25) is 0 Å². The summed E-state index contributed by atoms with van der Waals surface area (Å²) in [7, 11) is 0. The van der Waals surface area contributed by atoms with Crippen LogP contribution in [0.3, 0.4) is 0 Å². The van der Waals surface area contributed by atoms with Crippen molar-refractivity contribution < 1.29 is 13.6 Å². The van der Waals surface area contributed by atoms with Crippen LogP contribution >= 0.6 is 0 Å². The third-order valence-corrected chi connectivity index (χ3v) is 3.98. The molecule has 0 unspecified atom stereocenters. The molecule has 1 aliphatic carbocycles. The smallest absolute Gasteiger partial charge is 0.254 e. The van der Waals surface area contributed by atoms with Crippen LogP contribution in [0.1, 0.15) is 43.0 Å². The fourth-order valence-electron chi connectivity index (χ4n) is 2.37. The molecule has 0 atom stereocenters. The molecule has 2 rings (SSSR count). The molecule has 0 aromatic heterocycles. The van der Waals surface area contributed by atoms with E-state index in [1.807, 2.05) is 0 Å². The van der Waals surface area contributed by atoms with Gasteiger partial charge in [-0.25, -0.2) is 8.78 Å². The Labute approximate surface area is 105 Å². The Morgan fingerprint density at radius 3 is 2.67 bits per heavy atom. The van der Waals surface area contributed by atoms with Crippen molar-refractivity contribution >= 4 is 5.91 Å². The van der Waals surface area contributed by atoms with Gasteiger partial charge >= 0.3 is 0 Å². The zero-order valence-corrected chi connectivity index (χ0v) is 10.4. The van der Waals surface area contributed by atoms with E-state index in [9.17, 15) is 13.6 Å². The lowest BCUT2D eigenvalue weighted by Crippen LogP contribution is -2.41. The second kappa shape index (κ2) is 5.04. The van der Waals surface area contributed by atoms with E-state index < -0.39 is 17.5 Å². The van der Waals surface area contributed by atoms with E-state index >= 15 is 0 Å². The summed E-state index contributed by atoms with van der Waals surface area (Å²) < 4.78 is 26.4. The van der Waals surface area contributed by atoms with Crippen LogP contribution in [0.15, 0.2) is 18.2 Å². The van der Waals surface area contributed by atoms with E-state index in [1.54, 1.807) is 0 Å². The molecule has 98 valence electrons. The summed E-state index contributed by atoms with van der Waals surface area (Å²) in [6.45, 7) is 2.63. The molecule has 1 N–H and O–H groups in total. The summed E-state index contributed by atoms with van der Waals surface area (Å²) >= 11 is 0. The second-order valence-electron chi connectivity index (χ2n) is 4.99. The molecule has 0 heterocycles. The van der Waals surface area contributed by atoms with Crippen LogP contribution in [0.5, 0.6) is 0 Å². The van der Waals surface area contributed by atoms with Crippen molar-refractivity contribution in [1.82, 2.24) is 5.32 Å². The molecule has 1 fully saturated rings. The highest BCUT2D eigenvalue weighted by Gasteiger charge is 2.35. The lowest BCUT2D eigenvalue weighted by molar-refractivity contribution is 0.0845. The van der Waals surface area contributed by atoms with Crippen LogP contribution in [0.4, 0.5) is 8.78 Å². The standard InChI is InChI=1S/C14H17F2NO/c1-2-14(7-4-8-14)9-17-13(18)10-5-3-6-11(15)12(10)16/h3,5-6H,2,4,7-9H2,1H3,(H,17,18). The van der Waals surface area contributed by atoms with Crippen molar-refractivity contribution in [2.75, 3.05) is 6.54 Å². The molecule has 1 aromatic carbocycles. The number of amides is 1. The normalized spacial score (nSPS) is 17.1. The summed E-state index contributed by atoms with van der Waals surface area (Å²) in [5.74, 6) is -2.60. The topological polar surface area (TPSA) is 29.1 Å². The number of hydrogen-bond donors (Lipinski definition) is 1. The van der Waals surface area contributed by atoms with Gasteiger partial charge in [-0.1, -0.05) is 19.4 Å². The fourth-order valence-corrected chi connectivity index (χ4v) is 2.37. The summed E-state index contributed by atoms with van der Waals surface area (Å²) in [4.78, 5) is 11.8. The summed E-state index contributed by atoms with van der Waals surface area (Å²) in [6.07, 6.45) is 4.36. The Morgan fingerprint density at radius 1 is 1.39 bits per heavy atom. The van der Waals surface area contributed by atoms with Gasteiger partial charge in [0.05, 0.1) is 5.56 Å². The molecule has 0 aliphatic heterocycles. The van der Waals surface area contributed by atoms with E-state index in [2.05, 4.69) is 12.2 Å². The summed E-state index contributed by atoms with van der Waals surface area (Å²) in [5, 5.41) is 2.72. The molecule has 2 nitrogen and oxygen atoms in total. The summed E-state index contributed by atoms with van der Waals surface area (Å²) in [6, 6.07) is 3.64. The molecule has 1 amide bonds. The third-order valence-electron chi connectivity index (χ3n) is 3.98. The lowest BCUT2D eigenvalue weighted by atomic mass is 9.67. The minimum atomic E-state index is -1.07. The quantitative estimate of drug-likeness (QED) is 0.876. The van der Waals surface area contributed by atoms with Gasteiger partial charge in [0.1, 0.15) is 0 Å². The van der Waals surface area contributed by atoms with Crippen molar-refractivity contribution in [3.05, 3.63) is 35.4 Å². The van der Waals surface area contributed by atoms with Gasteiger partial charge in [0.25, 0.3) is 5.91 Å². The maximum Gasteiger partial charge on any atom is 0.254 e. The Morgan fingerprint density at radius 2 is 2.11 bits per heavy atom. The van der Waals surface area contributed by atoms with E-state index in [-0.39, 0.29) is 11.0 Å². The number of rotatable bonds is 4. The van der Waals surface area contributed by atoms with Crippen LogP contribution in [-0.2, 0) is 0 Å². The third kappa shape index (κ3) is 2.37. The van der Waals surface area contributed by atoms with E-state index in [0.717, 1.165) is 25.3 Å². The summed E-state index contributed by atoms with van der Waals surface area (Å²) in [5.41, 5.74) is -0.0556. The van der Waals surface area contributed by atoms with Crippen molar-refractivity contribution in [2.24, 2.45) is 5.41 Å². The van der Waals surface area contributed by atoms with Crippen molar-refractivity contribution in [3.8, 4) is 0 Å². The zero-order chi connectivity index (χ0) is 13.2. The number of hydrogen-bond acceptors (Lipinski definition) is 1. The predicted molar refractivity (Wildman–Crippen MR) is 65.3 cm³/mol. The maximum absolute atomic E-state index is 13.4. The van der Waals surface area contributed by atoms with Gasteiger partial charge in [0, 0.05) is 6.54 Å². The van der Waals surface area contributed by atoms with Crippen LogP contribution in [0.25, 0.3) is 0 Å². The van der Waals surface area contributed by atoms with Crippen LogP contribution in [-0.4, -0.2) is 12.5 Å². The Balaban J connectivity index is 2.02. The maximum atomic E-state index is 13.4. The van der Waals surface area contributed by atoms with Gasteiger partial charge < -0.3 is 5.32 Å². The average Bonchev–Trinajstić information content (AvgIpc) is 2.31. The number of carbonyl (C=O) groups is 1. The van der Waals surface area contributed by atoms with Crippen LogP contribution in [0.2, 0.25) is 0 Å². The highest BCUT2D eigenvalue weighted by molar-refractivity contribution is 5.94. The molecule has 0 radical (unpaired) electrons. The Bertz CT molecular complexity index is 450. The average molecular weight is 253 g/mol. The Kier molecular flexibility index (Phi) is 3.64. The molecular formula is C14H17F2NO. The first-order chi connectivity index (χ1) is 8.58. The molecule has 18 heavy (non-hydrogen) atoms. The highest BCUT2D eigenvalue weighted by atomic mass is 19.2. The zero-order valence-electron chi connectivity index (χ0n) is 10.4. The lowest BCUT2D eigenvalue weighted by Gasteiger charge is -2.41. The monoisotopic (exact) mass is 253 g/mol. The van der Waals surface area contributed by atoms with E-state index in [0.29, 0.717) is 6.54 Å². The Hall–Kier alpha value is -1.45. The minimum absolute atomic E-state index is 0.166. The SMILES string of the molecule is CCC1(CNC(=O)c2cccc(F)c2F)CCC1. The first-order valence-electron chi connectivity index (χ1n) is 6.30. The van der Waals surface area contributed by atoms with Gasteiger partial charge in [-0.15, -0.1) is 0 Å². The number of carbonyl (C=O) groups excluding carboxylic acids is 1. The molecule has 1 aromatic rings. The van der Waals surface area contributed by atoms with Crippen molar-refractivity contribution in [3.63, 3.8) is 0 Å². The first kappa shape index (κ1) is 13.0. The molecule has 1 saturated carbocycles. The van der Waals surface area contributed by atoms with Crippen LogP contribution < -0.4 is 5.32 Å².